The van der Waals surface area contributed by atoms with Crippen molar-refractivity contribution in [2.75, 3.05) is 5.32 Å². The Kier molecular flexibility index (Phi) is 3.92. The second-order valence-electron chi connectivity index (χ2n) is 3.61. The molecule has 0 amide bonds. The molecule has 0 saturated heterocycles. The quantitative estimate of drug-likeness (QED) is 0.879. The molecule has 0 fully saturated rings. The molecule has 2 aromatic rings. The van der Waals surface area contributed by atoms with Crippen molar-refractivity contribution in [2.24, 2.45) is 0 Å². The number of para-hydroxylation sites is 1. The number of phenolic OH excluding ortho intramolecular Hbond substituents is 1. The summed E-state index contributed by atoms with van der Waals surface area (Å²) in [7, 11) is 0. The third-order valence-electron chi connectivity index (χ3n) is 2.39. The van der Waals surface area contributed by atoms with Crippen LogP contribution in [0.1, 0.15) is 5.56 Å². The highest BCUT2D eigenvalue weighted by Crippen LogP contribution is 2.27. The fourth-order valence-electron chi connectivity index (χ4n) is 1.48. The van der Waals surface area contributed by atoms with Crippen molar-refractivity contribution in [3.63, 3.8) is 0 Å². The van der Waals surface area contributed by atoms with E-state index in [2.05, 4.69) is 21.2 Å². The van der Waals surface area contributed by atoms with Gasteiger partial charge in [-0.1, -0.05) is 29.8 Å². The molecule has 0 bridgehead atoms. The Hall–Kier alpha value is -1.19. The number of halogens is 2. The summed E-state index contributed by atoms with van der Waals surface area (Å²) in [5, 5.41) is 13.5. The average Bonchev–Trinajstić information content (AvgIpc) is 2.30. The molecule has 0 saturated carbocycles. The SMILES string of the molecule is Oc1ccccc1CNc1ccc(Cl)cc1Br. The van der Waals surface area contributed by atoms with Gasteiger partial charge in [0.2, 0.25) is 0 Å². The van der Waals surface area contributed by atoms with Crippen molar-refractivity contribution >= 4 is 33.2 Å². The van der Waals surface area contributed by atoms with Crippen molar-refractivity contribution < 1.29 is 5.11 Å². The summed E-state index contributed by atoms with van der Waals surface area (Å²) >= 11 is 9.29. The number of benzene rings is 2. The van der Waals surface area contributed by atoms with Crippen molar-refractivity contribution in [3.05, 3.63) is 57.5 Å². The van der Waals surface area contributed by atoms with Gasteiger partial charge in [0.1, 0.15) is 5.75 Å². The maximum atomic E-state index is 9.63. The largest absolute Gasteiger partial charge is 0.508 e. The number of rotatable bonds is 3. The van der Waals surface area contributed by atoms with E-state index in [9.17, 15) is 5.11 Å². The highest BCUT2D eigenvalue weighted by Gasteiger charge is 2.02. The first kappa shape index (κ1) is 12.3. The van der Waals surface area contributed by atoms with Gasteiger partial charge in [0.05, 0.1) is 0 Å². The van der Waals surface area contributed by atoms with Crippen LogP contribution in [0.3, 0.4) is 0 Å². The van der Waals surface area contributed by atoms with Crippen LogP contribution in [0.15, 0.2) is 46.9 Å². The van der Waals surface area contributed by atoms with Gasteiger partial charge < -0.3 is 10.4 Å². The molecule has 4 heteroatoms. The Balaban J connectivity index is 2.10. The molecule has 17 heavy (non-hydrogen) atoms. The zero-order valence-corrected chi connectivity index (χ0v) is 11.3. The number of anilines is 1. The Morgan fingerprint density at radius 2 is 1.94 bits per heavy atom. The molecule has 0 atom stereocenters. The lowest BCUT2D eigenvalue weighted by molar-refractivity contribution is 0.469. The molecule has 2 aromatic carbocycles. The van der Waals surface area contributed by atoms with Gasteiger partial charge in [-0.05, 0) is 40.2 Å². The normalized spacial score (nSPS) is 10.2. The Morgan fingerprint density at radius 3 is 2.65 bits per heavy atom. The highest BCUT2D eigenvalue weighted by atomic mass is 79.9. The second-order valence-corrected chi connectivity index (χ2v) is 4.90. The van der Waals surface area contributed by atoms with Gasteiger partial charge in [0, 0.05) is 27.3 Å². The molecule has 0 aliphatic rings. The Bertz CT molecular complexity index is 531. The van der Waals surface area contributed by atoms with Gasteiger partial charge in [0.25, 0.3) is 0 Å². The van der Waals surface area contributed by atoms with E-state index in [1.165, 1.54) is 0 Å². The topological polar surface area (TPSA) is 32.3 Å². The smallest absolute Gasteiger partial charge is 0.120 e. The van der Waals surface area contributed by atoms with E-state index in [1.54, 1.807) is 12.1 Å². The van der Waals surface area contributed by atoms with Crippen molar-refractivity contribution in [1.82, 2.24) is 0 Å². The van der Waals surface area contributed by atoms with Gasteiger partial charge in [0.15, 0.2) is 0 Å². The molecule has 2 rings (SSSR count). The van der Waals surface area contributed by atoms with Crippen molar-refractivity contribution in [2.45, 2.75) is 6.54 Å². The lowest BCUT2D eigenvalue weighted by Gasteiger charge is -2.09. The number of aromatic hydroxyl groups is 1. The van der Waals surface area contributed by atoms with Crippen LogP contribution in [0.5, 0.6) is 5.75 Å². The number of nitrogens with one attached hydrogen (secondary N) is 1. The third kappa shape index (κ3) is 3.14. The van der Waals surface area contributed by atoms with Crippen molar-refractivity contribution in [1.29, 1.82) is 0 Å². The molecule has 0 aliphatic heterocycles. The van der Waals surface area contributed by atoms with E-state index in [-0.39, 0.29) is 0 Å². The van der Waals surface area contributed by atoms with E-state index in [1.807, 2.05) is 30.3 Å². The fraction of sp³-hybridized carbons (Fsp3) is 0.0769. The van der Waals surface area contributed by atoms with E-state index >= 15 is 0 Å². The Morgan fingerprint density at radius 1 is 1.18 bits per heavy atom. The summed E-state index contributed by atoms with van der Waals surface area (Å²) in [5.74, 6) is 0.296. The first-order chi connectivity index (χ1) is 8.16. The van der Waals surface area contributed by atoms with Crippen LogP contribution in [-0.2, 0) is 6.54 Å². The lowest BCUT2D eigenvalue weighted by Crippen LogP contribution is -2.00. The van der Waals surface area contributed by atoms with Crippen LogP contribution in [0.2, 0.25) is 5.02 Å². The number of phenols is 1. The first-order valence-electron chi connectivity index (χ1n) is 5.12. The van der Waals surface area contributed by atoms with Gasteiger partial charge in [-0.2, -0.15) is 0 Å². The predicted octanol–water partition coefficient (Wildman–Crippen LogP) is 4.42. The molecule has 2 nitrogen and oxygen atoms in total. The second kappa shape index (κ2) is 5.43. The van der Waals surface area contributed by atoms with Crippen molar-refractivity contribution in [3.8, 4) is 5.75 Å². The zero-order valence-electron chi connectivity index (χ0n) is 8.95. The van der Waals surface area contributed by atoms with Gasteiger partial charge in [-0.15, -0.1) is 0 Å². The molecule has 0 radical (unpaired) electrons. The first-order valence-corrected chi connectivity index (χ1v) is 6.30. The minimum absolute atomic E-state index is 0.296. The standard InChI is InChI=1S/C13H11BrClNO/c14-11-7-10(15)5-6-12(11)16-8-9-3-1-2-4-13(9)17/h1-7,16-17H,8H2. The minimum atomic E-state index is 0.296. The van der Waals surface area contributed by atoms with Crippen LogP contribution >= 0.6 is 27.5 Å². The molecular formula is C13H11BrClNO. The summed E-state index contributed by atoms with van der Waals surface area (Å²) < 4.78 is 0.903. The van der Waals surface area contributed by atoms with Gasteiger partial charge in [-0.3, -0.25) is 0 Å². The maximum Gasteiger partial charge on any atom is 0.120 e. The average molecular weight is 313 g/mol. The lowest BCUT2D eigenvalue weighted by atomic mass is 10.2. The molecule has 2 N–H and O–H groups in total. The number of hydrogen-bond donors (Lipinski definition) is 2. The summed E-state index contributed by atoms with van der Waals surface area (Å²) in [6.45, 7) is 0.562. The van der Waals surface area contributed by atoms with E-state index in [4.69, 9.17) is 11.6 Å². The summed E-state index contributed by atoms with van der Waals surface area (Å²) in [6, 6.07) is 12.8. The Labute approximate surface area is 113 Å². The molecule has 0 aromatic heterocycles. The van der Waals surface area contributed by atoms with Crippen LogP contribution < -0.4 is 5.32 Å². The van der Waals surface area contributed by atoms with Crippen LogP contribution in [-0.4, -0.2) is 5.11 Å². The highest BCUT2D eigenvalue weighted by molar-refractivity contribution is 9.10. The zero-order chi connectivity index (χ0) is 12.3. The van der Waals surface area contributed by atoms with E-state index < -0.39 is 0 Å². The minimum Gasteiger partial charge on any atom is -0.508 e. The van der Waals surface area contributed by atoms with Crippen LogP contribution in [0, 0.1) is 0 Å². The summed E-state index contributed by atoms with van der Waals surface area (Å²) in [4.78, 5) is 0. The molecule has 0 heterocycles. The number of hydrogen-bond acceptors (Lipinski definition) is 2. The van der Waals surface area contributed by atoms with Gasteiger partial charge >= 0.3 is 0 Å². The predicted molar refractivity (Wildman–Crippen MR) is 74.6 cm³/mol. The molecular weight excluding hydrogens is 302 g/mol. The van der Waals surface area contributed by atoms with E-state index in [0.717, 1.165) is 15.7 Å². The molecule has 0 spiro atoms. The third-order valence-corrected chi connectivity index (χ3v) is 3.28. The van der Waals surface area contributed by atoms with Gasteiger partial charge in [-0.25, -0.2) is 0 Å². The molecule has 88 valence electrons. The maximum absolute atomic E-state index is 9.63. The van der Waals surface area contributed by atoms with Crippen LogP contribution in [0.4, 0.5) is 5.69 Å². The molecule has 0 aliphatic carbocycles. The van der Waals surface area contributed by atoms with Crippen LogP contribution in [0.25, 0.3) is 0 Å². The van der Waals surface area contributed by atoms with E-state index in [0.29, 0.717) is 17.3 Å². The summed E-state index contributed by atoms with van der Waals surface area (Å²) in [6.07, 6.45) is 0. The molecule has 0 unspecified atom stereocenters. The fourth-order valence-corrected chi connectivity index (χ4v) is 2.31. The summed E-state index contributed by atoms with van der Waals surface area (Å²) in [5.41, 5.74) is 1.80. The monoisotopic (exact) mass is 311 g/mol.